The van der Waals surface area contributed by atoms with Gasteiger partial charge in [-0.25, -0.2) is 0 Å². The SMILES string of the molecule is Cc1ccc(CC(CBr)Cc2ccccc2)cc1. The maximum atomic E-state index is 3.65. The Kier molecular flexibility index (Phi) is 5.00. The third-order valence-electron chi connectivity index (χ3n) is 3.23. The Balaban J connectivity index is 1.99. The van der Waals surface area contributed by atoms with Crippen LogP contribution in [0.25, 0.3) is 0 Å². The summed E-state index contributed by atoms with van der Waals surface area (Å²) in [5, 5.41) is 1.05. The topological polar surface area (TPSA) is 0 Å². The number of hydrogen-bond donors (Lipinski definition) is 0. The van der Waals surface area contributed by atoms with E-state index in [1.54, 1.807) is 0 Å². The minimum atomic E-state index is 0.662. The summed E-state index contributed by atoms with van der Waals surface area (Å²) in [6, 6.07) is 19.6. The molecule has 0 saturated carbocycles. The fraction of sp³-hybridized carbons (Fsp3) is 0.294. The van der Waals surface area contributed by atoms with E-state index in [0.29, 0.717) is 5.92 Å². The first-order valence-electron chi connectivity index (χ1n) is 6.43. The zero-order chi connectivity index (χ0) is 12.8. The predicted molar refractivity (Wildman–Crippen MR) is 82.3 cm³/mol. The van der Waals surface area contributed by atoms with Crippen LogP contribution >= 0.6 is 15.9 Å². The van der Waals surface area contributed by atoms with Crippen LogP contribution in [0.5, 0.6) is 0 Å². The molecule has 1 heteroatoms. The molecule has 1 atom stereocenters. The van der Waals surface area contributed by atoms with Crippen LogP contribution in [-0.4, -0.2) is 5.33 Å². The van der Waals surface area contributed by atoms with Gasteiger partial charge in [0.05, 0.1) is 0 Å². The summed E-state index contributed by atoms with van der Waals surface area (Å²) in [5.74, 6) is 0.662. The standard InChI is InChI=1S/C17H19Br/c1-14-7-9-16(10-8-14)12-17(13-18)11-15-5-3-2-4-6-15/h2-10,17H,11-13H2,1H3. The van der Waals surface area contributed by atoms with Gasteiger partial charge >= 0.3 is 0 Å². The van der Waals surface area contributed by atoms with Gasteiger partial charge in [0.25, 0.3) is 0 Å². The van der Waals surface area contributed by atoms with Crippen molar-refractivity contribution in [2.24, 2.45) is 5.92 Å². The second kappa shape index (κ2) is 6.75. The summed E-state index contributed by atoms with van der Waals surface area (Å²) in [5.41, 5.74) is 4.19. The van der Waals surface area contributed by atoms with Crippen molar-refractivity contribution in [1.82, 2.24) is 0 Å². The average Bonchev–Trinajstić information content (AvgIpc) is 2.41. The monoisotopic (exact) mass is 302 g/mol. The summed E-state index contributed by atoms with van der Waals surface area (Å²) >= 11 is 3.65. The van der Waals surface area contributed by atoms with Crippen molar-refractivity contribution in [2.75, 3.05) is 5.33 Å². The molecule has 0 saturated heterocycles. The highest BCUT2D eigenvalue weighted by atomic mass is 79.9. The third-order valence-corrected chi connectivity index (χ3v) is 4.15. The van der Waals surface area contributed by atoms with Gasteiger partial charge in [-0.2, -0.15) is 0 Å². The highest BCUT2D eigenvalue weighted by Gasteiger charge is 2.09. The second-order valence-corrected chi connectivity index (χ2v) is 5.55. The molecule has 0 aromatic heterocycles. The van der Waals surface area contributed by atoms with Crippen LogP contribution < -0.4 is 0 Å². The number of rotatable bonds is 5. The molecule has 94 valence electrons. The van der Waals surface area contributed by atoms with E-state index in [-0.39, 0.29) is 0 Å². The Bertz CT molecular complexity index is 459. The summed E-state index contributed by atoms with van der Waals surface area (Å²) < 4.78 is 0. The van der Waals surface area contributed by atoms with E-state index in [1.807, 2.05) is 0 Å². The molecule has 2 aromatic rings. The molecule has 1 unspecified atom stereocenters. The van der Waals surface area contributed by atoms with E-state index in [4.69, 9.17) is 0 Å². The lowest BCUT2D eigenvalue weighted by atomic mass is 9.94. The molecule has 0 fully saturated rings. The van der Waals surface area contributed by atoms with E-state index >= 15 is 0 Å². The van der Waals surface area contributed by atoms with Crippen LogP contribution in [0.4, 0.5) is 0 Å². The molecule has 2 aromatic carbocycles. The molecule has 0 aliphatic carbocycles. The van der Waals surface area contributed by atoms with E-state index < -0.39 is 0 Å². The summed E-state index contributed by atoms with van der Waals surface area (Å²) in [6.45, 7) is 2.13. The van der Waals surface area contributed by atoms with Gasteiger partial charge in [-0.1, -0.05) is 76.1 Å². The molecular weight excluding hydrogens is 284 g/mol. The van der Waals surface area contributed by atoms with Crippen LogP contribution in [0.15, 0.2) is 54.6 Å². The summed E-state index contributed by atoms with van der Waals surface area (Å²) in [4.78, 5) is 0. The fourth-order valence-corrected chi connectivity index (χ4v) is 2.64. The maximum Gasteiger partial charge on any atom is 0.00660 e. The molecule has 0 bridgehead atoms. The number of benzene rings is 2. The maximum absolute atomic E-state index is 3.65. The average molecular weight is 303 g/mol. The highest BCUT2D eigenvalue weighted by molar-refractivity contribution is 9.09. The van der Waals surface area contributed by atoms with Gasteiger partial charge in [0.1, 0.15) is 0 Å². The first-order chi connectivity index (χ1) is 8.78. The molecule has 0 heterocycles. The van der Waals surface area contributed by atoms with E-state index in [0.717, 1.165) is 18.2 Å². The van der Waals surface area contributed by atoms with Crippen molar-refractivity contribution in [1.29, 1.82) is 0 Å². The van der Waals surface area contributed by atoms with Crippen LogP contribution in [0.1, 0.15) is 16.7 Å². The van der Waals surface area contributed by atoms with Gasteiger partial charge in [-0.3, -0.25) is 0 Å². The highest BCUT2D eigenvalue weighted by Crippen LogP contribution is 2.17. The van der Waals surface area contributed by atoms with Crippen molar-refractivity contribution in [3.63, 3.8) is 0 Å². The third kappa shape index (κ3) is 3.99. The van der Waals surface area contributed by atoms with Crippen LogP contribution in [-0.2, 0) is 12.8 Å². The predicted octanol–water partition coefficient (Wildman–Crippen LogP) is 4.79. The van der Waals surface area contributed by atoms with Gasteiger partial charge < -0.3 is 0 Å². The Morgan fingerprint density at radius 1 is 0.833 bits per heavy atom. The summed E-state index contributed by atoms with van der Waals surface area (Å²) in [6.07, 6.45) is 2.28. The Labute approximate surface area is 118 Å². The van der Waals surface area contributed by atoms with Crippen molar-refractivity contribution in [2.45, 2.75) is 19.8 Å². The summed E-state index contributed by atoms with van der Waals surface area (Å²) in [7, 11) is 0. The van der Waals surface area contributed by atoms with Gasteiger partial charge in [-0.15, -0.1) is 0 Å². The smallest absolute Gasteiger partial charge is 0.00660 e. The fourth-order valence-electron chi connectivity index (χ4n) is 2.19. The lowest BCUT2D eigenvalue weighted by Crippen LogP contribution is -2.09. The molecule has 0 radical (unpaired) electrons. The Morgan fingerprint density at radius 3 is 1.94 bits per heavy atom. The van der Waals surface area contributed by atoms with Gasteiger partial charge in [0, 0.05) is 5.33 Å². The largest absolute Gasteiger partial charge is 0.0925 e. The molecule has 0 spiro atoms. The molecular formula is C17H19Br. The molecule has 0 nitrogen and oxygen atoms in total. The Hall–Kier alpha value is -1.08. The van der Waals surface area contributed by atoms with E-state index in [2.05, 4.69) is 77.5 Å². The lowest BCUT2D eigenvalue weighted by Gasteiger charge is -2.14. The minimum Gasteiger partial charge on any atom is -0.0925 e. The normalized spacial score (nSPS) is 12.3. The van der Waals surface area contributed by atoms with Crippen molar-refractivity contribution in [3.05, 3.63) is 71.3 Å². The number of aryl methyl sites for hydroxylation is 1. The number of halogens is 1. The van der Waals surface area contributed by atoms with Crippen molar-refractivity contribution >= 4 is 15.9 Å². The Morgan fingerprint density at radius 2 is 1.39 bits per heavy atom. The van der Waals surface area contributed by atoms with Crippen molar-refractivity contribution in [3.8, 4) is 0 Å². The first-order valence-corrected chi connectivity index (χ1v) is 7.55. The molecule has 2 rings (SSSR count). The van der Waals surface area contributed by atoms with Gasteiger partial charge in [-0.05, 0) is 36.8 Å². The molecule has 0 N–H and O–H groups in total. The lowest BCUT2D eigenvalue weighted by molar-refractivity contribution is 0.591. The zero-order valence-electron chi connectivity index (χ0n) is 10.8. The van der Waals surface area contributed by atoms with Crippen LogP contribution in [0.2, 0.25) is 0 Å². The van der Waals surface area contributed by atoms with E-state index in [1.165, 1.54) is 16.7 Å². The minimum absolute atomic E-state index is 0.662. The first kappa shape index (κ1) is 13.4. The molecule has 0 aliphatic heterocycles. The number of hydrogen-bond acceptors (Lipinski definition) is 0. The zero-order valence-corrected chi connectivity index (χ0v) is 12.4. The number of alkyl halides is 1. The quantitative estimate of drug-likeness (QED) is 0.697. The van der Waals surface area contributed by atoms with Gasteiger partial charge in [0.2, 0.25) is 0 Å². The van der Waals surface area contributed by atoms with Crippen LogP contribution in [0.3, 0.4) is 0 Å². The van der Waals surface area contributed by atoms with Crippen molar-refractivity contribution < 1.29 is 0 Å². The second-order valence-electron chi connectivity index (χ2n) is 4.90. The molecule has 0 aliphatic rings. The van der Waals surface area contributed by atoms with Crippen LogP contribution in [0, 0.1) is 12.8 Å². The van der Waals surface area contributed by atoms with Gasteiger partial charge in [0.15, 0.2) is 0 Å². The van der Waals surface area contributed by atoms with E-state index in [9.17, 15) is 0 Å². The molecule has 0 amide bonds. The molecule has 18 heavy (non-hydrogen) atoms.